The fourth-order valence-electron chi connectivity index (χ4n) is 4.30. The van der Waals surface area contributed by atoms with Crippen molar-refractivity contribution in [1.82, 2.24) is 4.90 Å². The number of benzene rings is 1. The van der Waals surface area contributed by atoms with Gasteiger partial charge in [0.05, 0.1) is 0 Å². The number of carboxylic acid groups (broad SMARTS) is 1. The molecule has 0 bridgehead atoms. The van der Waals surface area contributed by atoms with Crippen LogP contribution in [-0.2, 0) is 11.2 Å². The van der Waals surface area contributed by atoms with E-state index in [0.29, 0.717) is 31.6 Å². The minimum atomic E-state index is -1.36. The smallest absolute Gasteiger partial charge is 0.451 e. The number of nitrogens with zero attached hydrogens (tertiary/aromatic N) is 1. The third-order valence-electron chi connectivity index (χ3n) is 6.32. The molecule has 1 fully saturated rings. The number of unbranched alkanes of at least 4 members (excludes halogenated alkanes) is 2. The molecular formula is C22H35BF2N2O4. The van der Waals surface area contributed by atoms with Crippen molar-refractivity contribution in [3.8, 4) is 0 Å². The lowest BCUT2D eigenvalue weighted by Crippen LogP contribution is -2.48. The highest BCUT2D eigenvalue weighted by atomic mass is 19.2. The molecule has 1 saturated heterocycles. The summed E-state index contributed by atoms with van der Waals surface area (Å²) >= 11 is 0. The maximum absolute atomic E-state index is 13.4. The summed E-state index contributed by atoms with van der Waals surface area (Å²) in [7, 11) is -1.36. The van der Waals surface area contributed by atoms with Crippen molar-refractivity contribution in [3.05, 3.63) is 35.4 Å². The maximum Gasteiger partial charge on any atom is 0.451 e. The molecule has 6 nitrogen and oxygen atoms in total. The van der Waals surface area contributed by atoms with E-state index in [4.69, 9.17) is 15.8 Å². The number of halogens is 2. The SMILES string of the molecule is NC(CCCCB(O)O)(CCCCN1CCC(Cc2ccc(F)c(F)c2)CC1)C(=O)O. The van der Waals surface area contributed by atoms with Gasteiger partial charge in [-0.1, -0.05) is 18.9 Å². The Hall–Kier alpha value is -1.55. The number of carboxylic acids is 1. The molecule has 0 radical (unpaired) electrons. The minimum absolute atomic E-state index is 0.224. The fourth-order valence-corrected chi connectivity index (χ4v) is 4.30. The van der Waals surface area contributed by atoms with Crippen LogP contribution in [0.25, 0.3) is 0 Å². The molecule has 0 spiro atoms. The average molecular weight is 440 g/mol. The normalized spacial score (nSPS) is 17.5. The second-order valence-corrected chi connectivity index (χ2v) is 8.88. The second-order valence-electron chi connectivity index (χ2n) is 8.88. The molecule has 1 aliphatic rings. The second kappa shape index (κ2) is 12.5. The first-order chi connectivity index (χ1) is 14.7. The number of aliphatic carboxylic acids is 1. The van der Waals surface area contributed by atoms with E-state index >= 15 is 0 Å². The molecule has 31 heavy (non-hydrogen) atoms. The fraction of sp³-hybridized carbons (Fsp3) is 0.682. The molecule has 1 aromatic carbocycles. The molecule has 0 amide bonds. The van der Waals surface area contributed by atoms with Crippen LogP contribution in [0.1, 0.15) is 56.9 Å². The van der Waals surface area contributed by atoms with Gasteiger partial charge >= 0.3 is 13.1 Å². The van der Waals surface area contributed by atoms with Crippen LogP contribution in [0.2, 0.25) is 6.32 Å². The zero-order valence-corrected chi connectivity index (χ0v) is 18.1. The number of likely N-dealkylation sites (tertiary alicyclic amines) is 1. The van der Waals surface area contributed by atoms with E-state index in [1.807, 2.05) is 0 Å². The summed E-state index contributed by atoms with van der Waals surface area (Å²) in [5.74, 6) is -2.15. The van der Waals surface area contributed by atoms with Gasteiger partial charge < -0.3 is 25.8 Å². The zero-order valence-electron chi connectivity index (χ0n) is 18.1. The van der Waals surface area contributed by atoms with Crippen molar-refractivity contribution in [3.63, 3.8) is 0 Å². The van der Waals surface area contributed by atoms with E-state index in [1.54, 1.807) is 6.07 Å². The van der Waals surface area contributed by atoms with Crippen LogP contribution in [0.15, 0.2) is 18.2 Å². The molecule has 1 heterocycles. The van der Waals surface area contributed by atoms with Gasteiger partial charge in [0.15, 0.2) is 11.6 Å². The number of carbonyl (C=O) groups is 1. The third kappa shape index (κ3) is 8.84. The predicted molar refractivity (Wildman–Crippen MR) is 116 cm³/mol. The average Bonchev–Trinajstić information content (AvgIpc) is 2.72. The molecule has 1 aliphatic heterocycles. The summed E-state index contributed by atoms with van der Waals surface area (Å²) in [4.78, 5) is 14.0. The maximum atomic E-state index is 13.4. The van der Waals surface area contributed by atoms with E-state index in [1.165, 1.54) is 12.1 Å². The van der Waals surface area contributed by atoms with Gasteiger partial charge in [-0.25, -0.2) is 8.78 Å². The van der Waals surface area contributed by atoms with Gasteiger partial charge in [-0.3, -0.25) is 4.79 Å². The zero-order chi connectivity index (χ0) is 22.9. The lowest BCUT2D eigenvalue weighted by molar-refractivity contribution is -0.144. The summed E-state index contributed by atoms with van der Waals surface area (Å²) in [5, 5.41) is 27.2. The van der Waals surface area contributed by atoms with Gasteiger partial charge in [-0.2, -0.15) is 0 Å². The molecule has 0 aromatic heterocycles. The molecule has 174 valence electrons. The van der Waals surface area contributed by atoms with E-state index < -0.39 is 30.3 Å². The number of hydrogen-bond donors (Lipinski definition) is 4. The largest absolute Gasteiger partial charge is 0.480 e. The Kier molecular flexibility index (Phi) is 10.4. The summed E-state index contributed by atoms with van der Waals surface area (Å²) < 4.78 is 26.4. The Morgan fingerprint density at radius 3 is 2.32 bits per heavy atom. The van der Waals surface area contributed by atoms with Crippen molar-refractivity contribution < 1.29 is 28.7 Å². The molecule has 1 aromatic rings. The third-order valence-corrected chi connectivity index (χ3v) is 6.32. The van der Waals surface area contributed by atoms with Gasteiger partial charge in [0.1, 0.15) is 5.54 Å². The van der Waals surface area contributed by atoms with Crippen LogP contribution in [0.5, 0.6) is 0 Å². The van der Waals surface area contributed by atoms with E-state index in [2.05, 4.69) is 4.90 Å². The van der Waals surface area contributed by atoms with Gasteiger partial charge in [0.2, 0.25) is 0 Å². The summed E-state index contributed by atoms with van der Waals surface area (Å²) in [6.07, 6.45) is 6.39. The van der Waals surface area contributed by atoms with Crippen LogP contribution in [0.4, 0.5) is 8.78 Å². The van der Waals surface area contributed by atoms with Gasteiger partial charge in [0.25, 0.3) is 0 Å². The lowest BCUT2D eigenvalue weighted by Gasteiger charge is -2.32. The summed E-state index contributed by atoms with van der Waals surface area (Å²) in [6.45, 7) is 2.79. The van der Waals surface area contributed by atoms with Crippen LogP contribution in [0.3, 0.4) is 0 Å². The van der Waals surface area contributed by atoms with Crippen molar-refractivity contribution in [2.45, 2.75) is 69.6 Å². The Balaban J connectivity index is 1.65. The minimum Gasteiger partial charge on any atom is -0.480 e. The number of hydrogen-bond acceptors (Lipinski definition) is 5. The van der Waals surface area contributed by atoms with E-state index in [9.17, 15) is 18.7 Å². The highest BCUT2D eigenvalue weighted by Gasteiger charge is 2.32. The molecule has 2 rings (SSSR count). The highest BCUT2D eigenvalue weighted by molar-refractivity contribution is 6.40. The van der Waals surface area contributed by atoms with Gasteiger partial charge in [-0.05, 0) is 94.5 Å². The molecule has 9 heteroatoms. The van der Waals surface area contributed by atoms with Gasteiger partial charge in [-0.15, -0.1) is 0 Å². The van der Waals surface area contributed by atoms with Crippen molar-refractivity contribution in [1.29, 1.82) is 0 Å². The first-order valence-electron chi connectivity index (χ1n) is 11.2. The molecule has 0 saturated carbocycles. The number of nitrogens with two attached hydrogens (primary N) is 1. The topological polar surface area (TPSA) is 107 Å². The summed E-state index contributed by atoms with van der Waals surface area (Å²) in [6, 6.07) is 4.12. The number of rotatable bonds is 13. The quantitative estimate of drug-likeness (QED) is 0.278. The molecule has 1 unspecified atom stereocenters. The van der Waals surface area contributed by atoms with Crippen LogP contribution >= 0.6 is 0 Å². The molecule has 1 atom stereocenters. The van der Waals surface area contributed by atoms with Gasteiger partial charge in [0, 0.05) is 0 Å². The predicted octanol–water partition coefficient (Wildman–Crippen LogP) is 2.81. The lowest BCUT2D eigenvalue weighted by atomic mass is 9.81. The van der Waals surface area contributed by atoms with Crippen LogP contribution in [0, 0.1) is 17.6 Å². The van der Waals surface area contributed by atoms with Crippen LogP contribution in [-0.4, -0.2) is 58.3 Å². The van der Waals surface area contributed by atoms with Crippen LogP contribution < -0.4 is 5.73 Å². The molecule has 5 N–H and O–H groups in total. The monoisotopic (exact) mass is 440 g/mol. The Morgan fingerprint density at radius 2 is 1.74 bits per heavy atom. The number of piperidine rings is 1. The molecular weight excluding hydrogens is 405 g/mol. The first-order valence-corrected chi connectivity index (χ1v) is 11.2. The highest BCUT2D eigenvalue weighted by Crippen LogP contribution is 2.24. The van der Waals surface area contributed by atoms with E-state index in [0.717, 1.165) is 57.3 Å². The summed E-state index contributed by atoms with van der Waals surface area (Å²) in [5.41, 5.74) is 5.67. The van der Waals surface area contributed by atoms with E-state index in [-0.39, 0.29) is 6.32 Å². The first kappa shape index (κ1) is 25.7. The van der Waals surface area contributed by atoms with Crippen molar-refractivity contribution in [2.75, 3.05) is 19.6 Å². The Bertz CT molecular complexity index is 702. The molecule has 0 aliphatic carbocycles. The Labute approximate surface area is 183 Å². The van der Waals surface area contributed by atoms with Crippen molar-refractivity contribution in [2.24, 2.45) is 11.7 Å². The standard InChI is InChI=1S/C22H35BF2N2O4/c24-19-6-5-18(16-20(19)25)15-17-7-13-27(14-8-17)12-4-2-10-22(26,21(28)29)9-1-3-11-23(30)31/h5-6,16-17,30-31H,1-4,7-15,26H2,(H,28,29). The Morgan fingerprint density at radius 1 is 1.10 bits per heavy atom. The van der Waals surface area contributed by atoms with Crippen molar-refractivity contribution >= 4 is 13.1 Å².